The van der Waals surface area contributed by atoms with E-state index in [0.717, 1.165) is 6.08 Å². The molecule has 0 saturated carbocycles. The van der Waals surface area contributed by atoms with E-state index >= 15 is 0 Å². The van der Waals surface area contributed by atoms with Crippen LogP contribution in [0.5, 0.6) is 11.5 Å². The molecule has 1 heterocycles. The maximum Gasteiger partial charge on any atom is 0.331 e. The van der Waals surface area contributed by atoms with Crippen LogP contribution >= 0.6 is 11.6 Å². The Morgan fingerprint density at radius 2 is 1.93 bits per heavy atom. The van der Waals surface area contributed by atoms with E-state index in [4.69, 9.17) is 25.8 Å². The fraction of sp³-hybridized carbons (Fsp3) is 0.200. The molecule has 3 rings (SSSR count). The van der Waals surface area contributed by atoms with Crippen molar-refractivity contribution in [2.75, 3.05) is 18.5 Å². The molecular formula is C20H17ClN2O7. The van der Waals surface area contributed by atoms with Crippen LogP contribution < -0.4 is 14.8 Å². The summed E-state index contributed by atoms with van der Waals surface area (Å²) < 4.78 is 15.9. The summed E-state index contributed by atoms with van der Waals surface area (Å²) >= 11 is 5.75. The number of esters is 1. The molecule has 1 atom stereocenters. The molecule has 1 unspecified atom stereocenters. The lowest BCUT2D eigenvalue weighted by Crippen LogP contribution is -2.29. The van der Waals surface area contributed by atoms with Gasteiger partial charge in [-0.25, -0.2) is 4.79 Å². The van der Waals surface area contributed by atoms with E-state index in [9.17, 15) is 19.7 Å². The number of carbonyl (C=O) groups is 2. The molecule has 1 aliphatic heterocycles. The van der Waals surface area contributed by atoms with Crippen molar-refractivity contribution in [1.29, 1.82) is 0 Å². The number of nitro groups is 1. The predicted octanol–water partition coefficient (Wildman–Crippen LogP) is 3.60. The molecule has 0 aromatic heterocycles. The number of nitro benzene ring substituents is 1. The number of rotatable bonds is 6. The molecule has 2 aromatic carbocycles. The molecule has 1 N–H and O–H groups in total. The number of benzene rings is 2. The largest absolute Gasteiger partial charge is 0.486 e. The minimum absolute atomic E-state index is 0.0100. The zero-order valence-corrected chi connectivity index (χ0v) is 16.5. The Hall–Kier alpha value is -3.59. The minimum atomic E-state index is -1.07. The van der Waals surface area contributed by atoms with Crippen molar-refractivity contribution in [3.8, 4) is 11.5 Å². The van der Waals surface area contributed by atoms with Crippen LogP contribution in [0.1, 0.15) is 12.5 Å². The Morgan fingerprint density at radius 1 is 1.20 bits per heavy atom. The van der Waals surface area contributed by atoms with Crippen molar-refractivity contribution in [3.05, 3.63) is 63.2 Å². The Kier molecular flexibility index (Phi) is 6.53. The van der Waals surface area contributed by atoms with E-state index in [1.54, 1.807) is 18.2 Å². The van der Waals surface area contributed by atoms with Gasteiger partial charge in [0, 0.05) is 23.9 Å². The standard InChI is InChI=1S/C20H17ClN2O7/c1-12(20(25)22-14-4-6-17-18(11-14)29-9-8-28-17)30-19(24)7-3-13-2-5-15(21)16(10-13)23(26)27/h2-7,10-12H,8-9H2,1H3,(H,22,25)/b7-3+. The van der Waals surface area contributed by atoms with Crippen molar-refractivity contribution in [2.45, 2.75) is 13.0 Å². The van der Waals surface area contributed by atoms with Crippen molar-refractivity contribution in [3.63, 3.8) is 0 Å². The number of amides is 1. The lowest BCUT2D eigenvalue weighted by Gasteiger charge is -2.19. The summed E-state index contributed by atoms with van der Waals surface area (Å²) in [5.74, 6) is -0.206. The molecule has 0 bridgehead atoms. The first-order valence-electron chi connectivity index (χ1n) is 8.86. The Bertz CT molecular complexity index is 1020. The summed E-state index contributed by atoms with van der Waals surface area (Å²) in [6.07, 6.45) is 1.33. The number of nitrogens with zero attached hydrogens (tertiary/aromatic N) is 1. The first kappa shape index (κ1) is 21.1. The second-order valence-electron chi connectivity index (χ2n) is 6.23. The molecule has 0 saturated heterocycles. The van der Waals surface area contributed by atoms with E-state index in [2.05, 4.69) is 5.32 Å². The molecule has 156 valence electrons. The van der Waals surface area contributed by atoms with Gasteiger partial charge in [0.1, 0.15) is 18.2 Å². The molecule has 2 aromatic rings. The molecular weight excluding hydrogens is 416 g/mol. The average molecular weight is 433 g/mol. The lowest BCUT2D eigenvalue weighted by molar-refractivity contribution is -0.384. The molecule has 30 heavy (non-hydrogen) atoms. The molecule has 0 spiro atoms. The first-order valence-corrected chi connectivity index (χ1v) is 9.24. The molecule has 9 nitrogen and oxygen atoms in total. The van der Waals surface area contributed by atoms with Gasteiger partial charge in [-0.15, -0.1) is 0 Å². The number of nitrogens with one attached hydrogen (secondary N) is 1. The molecule has 0 aliphatic carbocycles. The van der Waals surface area contributed by atoms with Gasteiger partial charge >= 0.3 is 5.97 Å². The van der Waals surface area contributed by atoms with Gasteiger partial charge in [-0.05, 0) is 36.8 Å². The van der Waals surface area contributed by atoms with E-state index in [1.165, 1.54) is 31.2 Å². The second-order valence-corrected chi connectivity index (χ2v) is 6.64. The van der Waals surface area contributed by atoms with Crippen LogP contribution in [-0.2, 0) is 14.3 Å². The van der Waals surface area contributed by atoms with E-state index < -0.39 is 22.9 Å². The fourth-order valence-corrected chi connectivity index (χ4v) is 2.76. The van der Waals surface area contributed by atoms with Gasteiger partial charge in [-0.1, -0.05) is 17.7 Å². The maximum atomic E-state index is 12.3. The zero-order chi connectivity index (χ0) is 21.7. The third-order valence-electron chi connectivity index (χ3n) is 4.05. The summed E-state index contributed by atoms with van der Waals surface area (Å²) in [5.41, 5.74) is 0.576. The van der Waals surface area contributed by atoms with Crippen LogP contribution in [0.25, 0.3) is 6.08 Å². The number of anilines is 1. The second kappa shape index (κ2) is 9.27. The van der Waals surface area contributed by atoms with Crippen LogP contribution in [0, 0.1) is 10.1 Å². The minimum Gasteiger partial charge on any atom is -0.486 e. The highest BCUT2D eigenvalue weighted by Crippen LogP contribution is 2.32. The fourth-order valence-electron chi connectivity index (χ4n) is 2.57. The zero-order valence-electron chi connectivity index (χ0n) is 15.8. The quantitative estimate of drug-likeness (QED) is 0.320. The number of hydrogen-bond acceptors (Lipinski definition) is 7. The van der Waals surface area contributed by atoms with Crippen molar-refractivity contribution >= 4 is 40.9 Å². The molecule has 10 heteroatoms. The van der Waals surface area contributed by atoms with Gasteiger partial charge in [-0.2, -0.15) is 0 Å². The van der Waals surface area contributed by atoms with Gasteiger partial charge < -0.3 is 19.5 Å². The van der Waals surface area contributed by atoms with Crippen molar-refractivity contribution < 1.29 is 28.7 Å². The predicted molar refractivity (Wildman–Crippen MR) is 109 cm³/mol. The molecule has 1 aliphatic rings. The van der Waals surface area contributed by atoms with Gasteiger partial charge in [0.15, 0.2) is 17.6 Å². The highest BCUT2D eigenvalue weighted by atomic mass is 35.5. The van der Waals surface area contributed by atoms with Crippen LogP contribution in [0.4, 0.5) is 11.4 Å². The number of halogens is 1. The number of ether oxygens (including phenoxy) is 3. The van der Waals surface area contributed by atoms with Gasteiger partial charge in [0.25, 0.3) is 11.6 Å². The summed E-state index contributed by atoms with van der Waals surface area (Å²) in [4.78, 5) is 34.5. The lowest BCUT2D eigenvalue weighted by atomic mass is 10.2. The van der Waals surface area contributed by atoms with Crippen molar-refractivity contribution in [2.24, 2.45) is 0 Å². The van der Waals surface area contributed by atoms with E-state index in [-0.39, 0.29) is 10.7 Å². The average Bonchev–Trinajstić information content (AvgIpc) is 2.72. The Balaban J connectivity index is 1.57. The maximum absolute atomic E-state index is 12.3. The van der Waals surface area contributed by atoms with Crippen LogP contribution in [-0.4, -0.2) is 36.1 Å². The first-order chi connectivity index (χ1) is 14.3. The highest BCUT2D eigenvalue weighted by molar-refractivity contribution is 6.32. The Morgan fingerprint density at radius 3 is 2.67 bits per heavy atom. The van der Waals surface area contributed by atoms with Crippen molar-refractivity contribution in [1.82, 2.24) is 0 Å². The smallest absolute Gasteiger partial charge is 0.331 e. The SMILES string of the molecule is CC(OC(=O)/C=C/c1ccc(Cl)c([N+](=O)[O-])c1)C(=O)Nc1ccc2c(c1)OCCO2. The van der Waals surface area contributed by atoms with E-state index in [1.807, 2.05) is 0 Å². The third-order valence-corrected chi connectivity index (χ3v) is 4.37. The summed E-state index contributed by atoms with van der Waals surface area (Å²) in [5, 5.41) is 13.5. The third kappa shape index (κ3) is 5.26. The Labute approximate surface area is 176 Å². The molecule has 1 amide bonds. The number of fused-ring (bicyclic) bond motifs is 1. The van der Waals surface area contributed by atoms with Crippen LogP contribution in [0.15, 0.2) is 42.5 Å². The van der Waals surface area contributed by atoms with Gasteiger partial charge in [-0.3, -0.25) is 14.9 Å². The topological polar surface area (TPSA) is 117 Å². The van der Waals surface area contributed by atoms with Gasteiger partial charge in [0.2, 0.25) is 0 Å². The molecule has 0 radical (unpaired) electrons. The number of carbonyl (C=O) groups excluding carboxylic acids is 2. The summed E-state index contributed by atoms with van der Waals surface area (Å²) in [6.45, 7) is 2.30. The normalized spacial score (nSPS) is 13.5. The molecule has 0 fully saturated rings. The number of hydrogen-bond donors (Lipinski definition) is 1. The monoisotopic (exact) mass is 432 g/mol. The summed E-state index contributed by atoms with van der Waals surface area (Å²) in [6, 6.07) is 9.03. The van der Waals surface area contributed by atoms with Crippen LogP contribution in [0.2, 0.25) is 5.02 Å². The summed E-state index contributed by atoms with van der Waals surface area (Å²) in [7, 11) is 0. The van der Waals surface area contributed by atoms with Gasteiger partial charge in [0.05, 0.1) is 4.92 Å². The highest BCUT2D eigenvalue weighted by Gasteiger charge is 2.19. The van der Waals surface area contributed by atoms with E-state index in [0.29, 0.717) is 36.0 Å². The van der Waals surface area contributed by atoms with Crippen LogP contribution in [0.3, 0.4) is 0 Å².